The van der Waals surface area contributed by atoms with Crippen molar-refractivity contribution in [2.75, 3.05) is 20.1 Å². The number of carbonyl (C=O) groups excluding carboxylic acids is 1. The molecule has 5 N–H and O–H groups in total. The number of rotatable bonds is 6. The van der Waals surface area contributed by atoms with E-state index >= 15 is 0 Å². The van der Waals surface area contributed by atoms with Gasteiger partial charge in [-0.05, 0) is 57.7 Å². The molecule has 1 aromatic carbocycles. The van der Waals surface area contributed by atoms with Gasteiger partial charge in [-0.3, -0.25) is 0 Å². The maximum absolute atomic E-state index is 12.6. The third kappa shape index (κ3) is 5.64. The molecule has 1 aliphatic heterocycles. The van der Waals surface area contributed by atoms with Gasteiger partial charge in [0.15, 0.2) is 0 Å². The number of ether oxygens (including phenoxy) is 1. The van der Waals surface area contributed by atoms with E-state index in [0.717, 1.165) is 30.5 Å². The number of hydrazine groups is 1. The van der Waals surface area contributed by atoms with E-state index in [1.54, 1.807) is 22.8 Å². The first-order valence-electron chi connectivity index (χ1n) is 12.3. The summed E-state index contributed by atoms with van der Waals surface area (Å²) in [6, 6.07) is 7.96. The largest absolute Gasteiger partial charge is 0.478 e. The van der Waals surface area contributed by atoms with Crippen LogP contribution in [0.3, 0.4) is 0 Å². The molecule has 3 atom stereocenters. The third-order valence-corrected chi connectivity index (χ3v) is 6.62. The Morgan fingerprint density at radius 1 is 1.31 bits per heavy atom. The lowest BCUT2D eigenvalue weighted by Crippen LogP contribution is -2.42. The van der Waals surface area contributed by atoms with Crippen LogP contribution in [0, 0.1) is 5.92 Å². The van der Waals surface area contributed by atoms with Gasteiger partial charge < -0.3 is 25.5 Å². The summed E-state index contributed by atoms with van der Waals surface area (Å²) in [4.78, 5) is 26.4. The van der Waals surface area contributed by atoms with Gasteiger partial charge in [0.1, 0.15) is 11.2 Å². The Hall–Kier alpha value is -3.53. The number of carboxylic acids is 1. The van der Waals surface area contributed by atoms with Gasteiger partial charge in [-0.15, -0.1) is 0 Å². The zero-order chi connectivity index (χ0) is 26.2. The molecule has 10 heteroatoms. The van der Waals surface area contributed by atoms with Crippen LogP contribution in [0.5, 0.6) is 0 Å². The molecule has 2 heterocycles. The number of likely N-dealkylation sites (tertiary alicyclic amines) is 1. The first-order valence-corrected chi connectivity index (χ1v) is 12.3. The van der Waals surface area contributed by atoms with E-state index in [-0.39, 0.29) is 29.4 Å². The summed E-state index contributed by atoms with van der Waals surface area (Å²) in [5.41, 5.74) is 8.97. The number of allylic oxidation sites excluding steroid dienone is 1. The Morgan fingerprint density at radius 3 is 2.72 bits per heavy atom. The van der Waals surface area contributed by atoms with Gasteiger partial charge in [0, 0.05) is 49.8 Å². The molecule has 2 aliphatic rings. The fourth-order valence-electron chi connectivity index (χ4n) is 4.93. The van der Waals surface area contributed by atoms with Gasteiger partial charge in [0.05, 0.1) is 17.6 Å². The predicted molar refractivity (Wildman–Crippen MR) is 135 cm³/mol. The highest BCUT2D eigenvalue weighted by Gasteiger charge is 2.45. The second kappa shape index (κ2) is 9.85. The Bertz CT molecular complexity index is 1170. The Morgan fingerprint density at radius 2 is 2.06 bits per heavy atom. The van der Waals surface area contributed by atoms with E-state index < -0.39 is 11.6 Å². The Labute approximate surface area is 211 Å². The fourth-order valence-corrected chi connectivity index (χ4v) is 4.93. The number of aromatic nitrogens is 2. The summed E-state index contributed by atoms with van der Waals surface area (Å²) in [7, 11) is 1.69. The molecule has 0 radical (unpaired) electrons. The van der Waals surface area contributed by atoms with Crippen LogP contribution in [0.1, 0.15) is 73.5 Å². The summed E-state index contributed by atoms with van der Waals surface area (Å²) in [6.45, 7) is 6.84. The molecule has 1 saturated carbocycles. The average Bonchev–Trinajstić information content (AvgIpc) is 3.47. The van der Waals surface area contributed by atoms with E-state index in [2.05, 4.69) is 5.10 Å². The third-order valence-electron chi connectivity index (χ3n) is 6.62. The minimum absolute atomic E-state index is 0.00784. The number of benzene rings is 1. The summed E-state index contributed by atoms with van der Waals surface area (Å²) >= 11 is 0. The minimum atomic E-state index is -1.02. The SMILES string of the molecule is CN(N)/C=C(\N)C1CC1c1c(C(=O)O)cnn1-c1cccc(C2CCCN(C(=O)OC(C)(C)C)C2)c1. The van der Waals surface area contributed by atoms with Crippen molar-refractivity contribution in [3.05, 3.63) is 59.2 Å². The maximum Gasteiger partial charge on any atom is 0.410 e. The number of amides is 1. The Kier molecular flexibility index (Phi) is 6.99. The van der Waals surface area contributed by atoms with Gasteiger partial charge in [-0.2, -0.15) is 5.10 Å². The molecule has 36 heavy (non-hydrogen) atoms. The number of nitrogens with zero attached hydrogens (tertiary/aromatic N) is 4. The fraction of sp³-hybridized carbons (Fsp3) is 0.500. The molecule has 1 aromatic heterocycles. The van der Waals surface area contributed by atoms with Crippen LogP contribution in [0.15, 0.2) is 42.4 Å². The highest BCUT2D eigenvalue weighted by molar-refractivity contribution is 5.89. The summed E-state index contributed by atoms with van der Waals surface area (Å²) < 4.78 is 7.29. The van der Waals surface area contributed by atoms with Crippen molar-refractivity contribution in [3.63, 3.8) is 0 Å². The first-order chi connectivity index (χ1) is 16.9. The second-order valence-electron chi connectivity index (χ2n) is 10.8. The quantitative estimate of drug-likeness (QED) is 0.408. The van der Waals surface area contributed by atoms with Gasteiger partial charge in [-0.25, -0.2) is 20.1 Å². The first kappa shape index (κ1) is 25.6. The standard InChI is InChI=1S/C26H36N6O4/c1-26(2,3)36-25(35)31-10-6-8-17(14-31)16-7-5-9-18(11-16)32-23(21(13-29-32)24(33)34)20-12-19(20)22(27)15-30(4)28/h5,7,9,11,13,15,17,19-20H,6,8,10,12,14,27-28H2,1-4H3,(H,33,34)/b22-15-. The van der Waals surface area contributed by atoms with E-state index in [9.17, 15) is 14.7 Å². The van der Waals surface area contributed by atoms with Crippen LogP contribution >= 0.6 is 0 Å². The Balaban J connectivity index is 1.60. The predicted octanol–water partition coefficient (Wildman–Crippen LogP) is 3.39. The monoisotopic (exact) mass is 496 g/mol. The number of carboxylic acid groups (broad SMARTS) is 1. The normalized spacial score (nSPS) is 22.3. The highest BCUT2D eigenvalue weighted by Crippen LogP contribution is 2.51. The topological polar surface area (TPSA) is 140 Å². The minimum Gasteiger partial charge on any atom is -0.478 e. The molecule has 0 bridgehead atoms. The number of hydrogen-bond donors (Lipinski definition) is 3. The lowest BCUT2D eigenvalue weighted by atomic mass is 9.90. The molecule has 2 aromatic rings. The highest BCUT2D eigenvalue weighted by atomic mass is 16.6. The van der Waals surface area contributed by atoms with E-state index in [1.165, 1.54) is 11.2 Å². The summed E-state index contributed by atoms with van der Waals surface area (Å²) in [6.07, 6.45) is 5.33. The van der Waals surface area contributed by atoms with Crippen LogP contribution in [-0.2, 0) is 4.74 Å². The van der Waals surface area contributed by atoms with Crippen molar-refractivity contribution in [2.45, 2.75) is 57.5 Å². The molecule has 2 fully saturated rings. The van der Waals surface area contributed by atoms with Crippen LogP contribution in [0.4, 0.5) is 4.79 Å². The van der Waals surface area contributed by atoms with Crippen molar-refractivity contribution in [1.29, 1.82) is 0 Å². The van der Waals surface area contributed by atoms with Crippen molar-refractivity contribution in [3.8, 4) is 5.69 Å². The summed E-state index contributed by atoms with van der Waals surface area (Å²) in [5.74, 6) is 4.78. The van der Waals surface area contributed by atoms with E-state index in [4.69, 9.17) is 16.3 Å². The number of carbonyl (C=O) groups is 2. The lowest BCUT2D eigenvalue weighted by Gasteiger charge is -2.34. The molecule has 4 rings (SSSR count). The average molecular weight is 497 g/mol. The molecular weight excluding hydrogens is 460 g/mol. The van der Waals surface area contributed by atoms with Crippen LogP contribution in [0.2, 0.25) is 0 Å². The molecule has 194 valence electrons. The summed E-state index contributed by atoms with van der Waals surface area (Å²) in [5, 5.41) is 15.7. The molecule has 0 spiro atoms. The molecule has 1 saturated heterocycles. The van der Waals surface area contributed by atoms with Crippen molar-refractivity contribution < 1.29 is 19.4 Å². The van der Waals surface area contributed by atoms with Crippen molar-refractivity contribution >= 4 is 12.1 Å². The molecule has 1 amide bonds. The van der Waals surface area contributed by atoms with E-state index in [1.807, 2.05) is 45.0 Å². The van der Waals surface area contributed by atoms with Gasteiger partial charge in [-0.1, -0.05) is 12.1 Å². The molecular formula is C26H36N6O4. The number of aromatic carboxylic acids is 1. The van der Waals surface area contributed by atoms with Gasteiger partial charge in [0.25, 0.3) is 0 Å². The van der Waals surface area contributed by atoms with Gasteiger partial charge in [0.2, 0.25) is 0 Å². The van der Waals surface area contributed by atoms with Crippen LogP contribution in [0.25, 0.3) is 5.69 Å². The van der Waals surface area contributed by atoms with Crippen molar-refractivity contribution in [2.24, 2.45) is 17.5 Å². The smallest absolute Gasteiger partial charge is 0.410 e. The van der Waals surface area contributed by atoms with Crippen LogP contribution < -0.4 is 11.6 Å². The van der Waals surface area contributed by atoms with Crippen molar-refractivity contribution in [1.82, 2.24) is 19.7 Å². The van der Waals surface area contributed by atoms with Crippen LogP contribution in [-0.4, -0.2) is 62.6 Å². The number of hydrogen-bond acceptors (Lipinski definition) is 7. The van der Waals surface area contributed by atoms with E-state index in [0.29, 0.717) is 24.5 Å². The van der Waals surface area contributed by atoms with Gasteiger partial charge >= 0.3 is 12.1 Å². The zero-order valence-corrected chi connectivity index (χ0v) is 21.3. The zero-order valence-electron chi connectivity index (χ0n) is 21.3. The molecule has 10 nitrogen and oxygen atoms in total. The molecule has 1 aliphatic carbocycles. The number of nitrogens with two attached hydrogens (primary N) is 2. The number of piperidine rings is 1. The second-order valence-corrected chi connectivity index (χ2v) is 10.8. The lowest BCUT2D eigenvalue weighted by molar-refractivity contribution is 0.0198. The molecule has 3 unspecified atom stereocenters. The maximum atomic E-state index is 12.6.